The number of fused-ring (bicyclic) bond motifs is 1. The van der Waals surface area contributed by atoms with Gasteiger partial charge in [-0.1, -0.05) is 24.3 Å². The number of halogens is 2. The average molecular weight is 288 g/mol. The molecular formula is C16H14F2N2O. The van der Waals surface area contributed by atoms with Crippen molar-refractivity contribution < 1.29 is 13.6 Å². The third-order valence-corrected chi connectivity index (χ3v) is 3.59. The topological polar surface area (TPSA) is 41.1 Å². The summed E-state index contributed by atoms with van der Waals surface area (Å²) in [7, 11) is 0. The fourth-order valence-corrected chi connectivity index (χ4v) is 2.45. The lowest BCUT2D eigenvalue weighted by atomic mass is 9.95. The number of carbonyl (C=O) groups excluding carboxylic acids is 1. The van der Waals surface area contributed by atoms with E-state index in [1.165, 1.54) is 6.07 Å². The molecule has 1 heterocycles. The van der Waals surface area contributed by atoms with Gasteiger partial charge in [-0.3, -0.25) is 4.79 Å². The lowest BCUT2D eigenvalue weighted by Gasteiger charge is -2.25. The first-order valence-electron chi connectivity index (χ1n) is 6.69. The molecule has 1 amide bonds. The number of carbonyl (C=O) groups is 1. The van der Waals surface area contributed by atoms with E-state index in [9.17, 15) is 13.6 Å². The van der Waals surface area contributed by atoms with Crippen molar-refractivity contribution in [3.63, 3.8) is 0 Å². The normalized spacial score (nSPS) is 17.1. The molecule has 0 unspecified atom stereocenters. The highest BCUT2D eigenvalue weighted by Gasteiger charge is 2.24. The molecule has 1 atom stereocenters. The van der Waals surface area contributed by atoms with Gasteiger partial charge in [0.1, 0.15) is 11.6 Å². The maximum atomic E-state index is 13.5. The fraction of sp³-hybridized carbons (Fsp3) is 0.188. The number of anilines is 1. The molecule has 0 radical (unpaired) electrons. The number of amides is 1. The van der Waals surface area contributed by atoms with Crippen LogP contribution in [0.5, 0.6) is 0 Å². The maximum Gasteiger partial charge on any atom is 0.241 e. The van der Waals surface area contributed by atoms with Crippen molar-refractivity contribution in [2.45, 2.75) is 19.0 Å². The maximum absolute atomic E-state index is 13.5. The van der Waals surface area contributed by atoms with Crippen LogP contribution in [0.15, 0.2) is 42.5 Å². The fourth-order valence-electron chi connectivity index (χ4n) is 2.45. The summed E-state index contributed by atoms with van der Waals surface area (Å²) >= 11 is 0. The molecule has 0 bridgehead atoms. The molecule has 3 rings (SSSR count). The molecule has 21 heavy (non-hydrogen) atoms. The Morgan fingerprint density at radius 2 is 1.90 bits per heavy atom. The van der Waals surface area contributed by atoms with Crippen molar-refractivity contribution in [3.8, 4) is 0 Å². The van der Waals surface area contributed by atoms with E-state index < -0.39 is 17.7 Å². The van der Waals surface area contributed by atoms with E-state index in [1.54, 1.807) is 0 Å². The summed E-state index contributed by atoms with van der Waals surface area (Å²) in [5, 5.41) is 5.61. The molecule has 0 saturated heterocycles. The zero-order valence-electron chi connectivity index (χ0n) is 11.2. The predicted octanol–water partition coefficient (Wildman–Crippen LogP) is 2.62. The van der Waals surface area contributed by atoms with E-state index in [2.05, 4.69) is 10.6 Å². The largest absolute Gasteiger partial charge is 0.322 e. The Bertz CT molecular complexity index is 688. The number of nitrogens with one attached hydrogen (secondary N) is 2. The zero-order chi connectivity index (χ0) is 14.8. The van der Waals surface area contributed by atoms with Gasteiger partial charge in [0.05, 0.1) is 11.7 Å². The quantitative estimate of drug-likeness (QED) is 0.892. The number of benzene rings is 2. The molecule has 0 fully saturated rings. The Balaban J connectivity index is 1.72. The van der Waals surface area contributed by atoms with Gasteiger partial charge in [0.2, 0.25) is 5.91 Å². The lowest BCUT2D eigenvalue weighted by molar-refractivity contribution is -0.118. The zero-order valence-corrected chi connectivity index (χ0v) is 11.2. The standard InChI is InChI=1S/C16H14F2N2O/c17-12-5-6-14(13(18)8-12)20-16(21)15-7-10-3-1-2-4-11(10)9-19-15/h1-6,8,15,19H,7,9H2,(H,20,21)/t15-/m1/s1. The molecule has 0 saturated carbocycles. The third-order valence-electron chi connectivity index (χ3n) is 3.59. The van der Waals surface area contributed by atoms with Gasteiger partial charge in [-0.05, 0) is 29.7 Å². The summed E-state index contributed by atoms with van der Waals surface area (Å²) in [5.41, 5.74) is 2.26. The van der Waals surface area contributed by atoms with E-state index >= 15 is 0 Å². The monoisotopic (exact) mass is 288 g/mol. The van der Waals surface area contributed by atoms with E-state index in [1.807, 2.05) is 24.3 Å². The summed E-state index contributed by atoms with van der Waals surface area (Å²) < 4.78 is 26.4. The second kappa shape index (κ2) is 5.61. The highest BCUT2D eigenvalue weighted by Crippen LogP contribution is 2.19. The molecule has 108 valence electrons. The Morgan fingerprint density at radius 3 is 2.67 bits per heavy atom. The number of rotatable bonds is 2. The van der Waals surface area contributed by atoms with Crippen LogP contribution in [0.1, 0.15) is 11.1 Å². The van der Waals surface area contributed by atoms with Crippen LogP contribution >= 0.6 is 0 Å². The summed E-state index contributed by atoms with van der Waals surface area (Å²) in [6, 6.07) is 10.5. The third kappa shape index (κ3) is 2.92. The molecule has 2 aromatic rings. The van der Waals surface area contributed by atoms with Crippen molar-refractivity contribution in [2.75, 3.05) is 5.32 Å². The van der Waals surface area contributed by atoms with Crippen molar-refractivity contribution in [1.29, 1.82) is 0 Å². The molecule has 0 spiro atoms. The van der Waals surface area contributed by atoms with E-state index in [0.29, 0.717) is 13.0 Å². The van der Waals surface area contributed by atoms with E-state index in [4.69, 9.17) is 0 Å². The van der Waals surface area contributed by atoms with Gasteiger partial charge in [-0.2, -0.15) is 0 Å². The van der Waals surface area contributed by atoms with Crippen molar-refractivity contribution in [3.05, 3.63) is 65.2 Å². The summed E-state index contributed by atoms with van der Waals surface area (Å²) in [6.45, 7) is 0.597. The summed E-state index contributed by atoms with van der Waals surface area (Å²) in [6.07, 6.45) is 0.546. The Kier molecular flexibility index (Phi) is 3.66. The molecule has 3 nitrogen and oxygen atoms in total. The average Bonchev–Trinajstić information content (AvgIpc) is 2.49. The summed E-state index contributed by atoms with van der Waals surface area (Å²) in [5.74, 6) is -1.77. The van der Waals surface area contributed by atoms with Gasteiger partial charge >= 0.3 is 0 Å². The minimum absolute atomic E-state index is 0.0120. The molecule has 2 aromatic carbocycles. The van der Waals surface area contributed by atoms with Gasteiger partial charge in [-0.25, -0.2) is 8.78 Å². The van der Waals surface area contributed by atoms with E-state index in [0.717, 1.165) is 23.3 Å². The number of hydrogen-bond acceptors (Lipinski definition) is 2. The first kappa shape index (κ1) is 13.7. The van der Waals surface area contributed by atoms with Crippen LogP contribution in [0.2, 0.25) is 0 Å². The van der Waals surface area contributed by atoms with Crippen molar-refractivity contribution in [2.24, 2.45) is 0 Å². The van der Waals surface area contributed by atoms with Crippen LogP contribution in [-0.2, 0) is 17.8 Å². The minimum Gasteiger partial charge on any atom is -0.322 e. The molecule has 1 aliphatic heterocycles. The smallest absolute Gasteiger partial charge is 0.241 e. The second-order valence-electron chi connectivity index (χ2n) is 5.02. The van der Waals surface area contributed by atoms with Crippen LogP contribution in [0.25, 0.3) is 0 Å². The van der Waals surface area contributed by atoms with Gasteiger partial charge in [0.15, 0.2) is 0 Å². The van der Waals surface area contributed by atoms with Crippen molar-refractivity contribution >= 4 is 11.6 Å². The molecule has 5 heteroatoms. The molecule has 0 aliphatic carbocycles. The first-order valence-corrected chi connectivity index (χ1v) is 6.69. The van der Waals surface area contributed by atoms with Gasteiger partial charge in [0.25, 0.3) is 0 Å². The van der Waals surface area contributed by atoms with Crippen molar-refractivity contribution in [1.82, 2.24) is 5.32 Å². The van der Waals surface area contributed by atoms with Crippen LogP contribution in [-0.4, -0.2) is 11.9 Å². The second-order valence-corrected chi connectivity index (χ2v) is 5.02. The van der Waals surface area contributed by atoms with Gasteiger partial charge in [0, 0.05) is 12.6 Å². The summed E-state index contributed by atoms with van der Waals surface area (Å²) in [4.78, 5) is 12.2. The minimum atomic E-state index is -0.778. The predicted molar refractivity (Wildman–Crippen MR) is 75.8 cm³/mol. The Labute approximate surface area is 121 Å². The van der Waals surface area contributed by atoms with Crippen LogP contribution in [0.3, 0.4) is 0 Å². The first-order chi connectivity index (χ1) is 10.1. The molecule has 1 aliphatic rings. The lowest BCUT2D eigenvalue weighted by Crippen LogP contribution is -2.44. The SMILES string of the molecule is O=C(Nc1ccc(F)cc1F)[C@H]1Cc2ccccc2CN1. The molecule has 0 aromatic heterocycles. The Hall–Kier alpha value is -2.27. The molecule has 2 N–H and O–H groups in total. The highest BCUT2D eigenvalue weighted by atomic mass is 19.1. The highest BCUT2D eigenvalue weighted by molar-refractivity contribution is 5.95. The van der Waals surface area contributed by atoms with Crippen LogP contribution in [0, 0.1) is 11.6 Å². The number of hydrogen-bond donors (Lipinski definition) is 2. The van der Waals surface area contributed by atoms with E-state index in [-0.39, 0.29) is 11.6 Å². The van der Waals surface area contributed by atoms with Crippen LogP contribution in [0.4, 0.5) is 14.5 Å². The van der Waals surface area contributed by atoms with Gasteiger partial charge in [-0.15, -0.1) is 0 Å². The molecular weight excluding hydrogens is 274 g/mol. The van der Waals surface area contributed by atoms with Gasteiger partial charge < -0.3 is 10.6 Å². The Morgan fingerprint density at radius 1 is 1.14 bits per heavy atom. The van der Waals surface area contributed by atoms with Crippen LogP contribution < -0.4 is 10.6 Å².